The minimum Gasteiger partial charge on any atom is -0.497 e. The maximum Gasteiger partial charge on any atom is 0.161 e. The molecule has 22 heavy (non-hydrogen) atoms. The highest BCUT2D eigenvalue weighted by atomic mass is 127. The highest BCUT2D eigenvalue weighted by Gasteiger charge is 2.10. The van der Waals surface area contributed by atoms with E-state index in [1.165, 1.54) is 10.3 Å². The third-order valence-electron chi connectivity index (χ3n) is 2.91. The number of nitrogens with zero attached hydrogens (tertiary/aromatic N) is 1. The second-order valence-corrected chi connectivity index (χ2v) is 9.58. The molecule has 7 heteroatoms. The molecule has 0 unspecified atom stereocenters. The van der Waals surface area contributed by atoms with Crippen molar-refractivity contribution < 1.29 is 4.74 Å². The van der Waals surface area contributed by atoms with Crippen LogP contribution in [0.25, 0.3) is 10.2 Å². The van der Waals surface area contributed by atoms with Crippen molar-refractivity contribution in [3.05, 3.63) is 50.6 Å². The van der Waals surface area contributed by atoms with Crippen molar-refractivity contribution in [3.8, 4) is 5.75 Å². The van der Waals surface area contributed by atoms with Gasteiger partial charge < -0.3 is 4.74 Å². The number of hydrogen-bond acceptors (Lipinski definition) is 5. The zero-order valence-electron chi connectivity index (χ0n) is 11.5. The maximum absolute atomic E-state index is 5.89. The standard InChI is InChI=1S/C15H11ClINOS3/c1-19-11-6-12(17)14-13(7-11)21-15(18-14)22-20-8-9-2-4-10(16)5-3-9/h2-7H,8H2,1H3. The van der Waals surface area contributed by atoms with Gasteiger partial charge in [0.1, 0.15) is 5.75 Å². The van der Waals surface area contributed by atoms with Gasteiger partial charge in [0.2, 0.25) is 0 Å². The third-order valence-corrected chi connectivity index (χ3v) is 7.58. The van der Waals surface area contributed by atoms with Gasteiger partial charge in [-0.3, -0.25) is 0 Å². The molecule has 2 nitrogen and oxygen atoms in total. The topological polar surface area (TPSA) is 22.1 Å². The van der Waals surface area contributed by atoms with Crippen LogP contribution in [0.15, 0.2) is 40.7 Å². The first kappa shape index (κ1) is 16.7. The third kappa shape index (κ3) is 4.03. The lowest BCUT2D eigenvalue weighted by molar-refractivity contribution is 0.415. The Hall–Kier alpha value is -0.150. The molecule has 0 spiro atoms. The van der Waals surface area contributed by atoms with Crippen LogP contribution in [0.3, 0.4) is 0 Å². The van der Waals surface area contributed by atoms with Gasteiger partial charge in [0, 0.05) is 14.3 Å². The van der Waals surface area contributed by atoms with Gasteiger partial charge in [-0.25, -0.2) is 4.98 Å². The molecule has 0 amide bonds. The summed E-state index contributed by atoms with van der Waals surface area (Å²) in [6.07, 6.45) is 0. The van der Waals surface area contributed by atoms with Crippen molar-refractivity contribution in [2.75, 3.05) is 7.11 Å². The number of hydrogen-bond donors (Lipinski definition) is 0. The summed E-state index contributed by atoms with van der Waals surface area (Å²) < 4.78 is 8.67. The molecule has 0 saturated heterocycles. The molecule has 1 heterocycles. The second-order valence-electron chi connectivity index (χ2n) is 4.41. The molecule has 0 N–H and O–H groups in total. The Bertz CT molecular complexity index is 791. The summed E-state index contributed by atoms with van der Waals surface area (Å²) in [7, 11) is 5.19. The number of ether oxygens (including phenoxy) is 1. The first-order valence-corrected chi connectivity index (χ1v) is 10.9. The molecule has 0 aliphatic heterocycles. The summed E-state index contributed by atoms with van der Waals surface area (Å²) in [6, 6.07) is 12.0. The molecule has 0 saturated carbocycles. The van der Waals surface area contributed by atoms with E-state index in [4.69, 9.17) is 21.3 Å². The Kier molecular flexibility index (Phi) is 5.78. The summed E-state index contributed by atoms with van der Waals surface area (Å²) in [5.41, 5.74) is 2.32. The van der Waals surface area contributed by atoms with Crippen LogP contribution in [0.2, 0.25) is 5.02 Å². The molecule has 1 aromatic heterocycles. The molecule has 0 radical (unpaired) electrons. The maximum atomic E-state index is 5.89. The molecule has 3 rings (SSSR count). The van der Waals surface area contributed by atoms with Crippen LogP contribution < -0.4 is 4.74 Å². The molecule has 0 aliphatic rings. The molecular formula is C15H11ClINOS3. The van der Waals surface area contributed by atoms with Crippen LogP contribution in [0.4, 0.5) is 0 Å². The summed E-state index contributed by atoms with van der Waals surface area (Å²) in [5.74, 6) is 1.81. The number of rotatable bonds is 5. The highest BCUT2D eigenvalue weighted by Crippen LogP contribution is 2.40. The zero-order valence-corrected chi connectivity index (χ0v) is 16.9. The molecule has 2 aromatic carbocycles. The SMILES string of the molecule is COc1cc(I)c2nc(SSCc3ccc(Cl)cc3)sc2c1. The molecule has 0 aliphatic carbocycles. The average Bonchev–Trinajstić information content (AvgIpc) is 2.92. The minimum absolute atomic E-state index is 0.774. The van der Waals surface area contributed by atoms with Crippen LogP contribution in [-0.2, 0) is 5.75 Å². The van der Waals surface area contributed by atoms with Gasteiger partial charge in [-0.05, 0) is 63.2 Å². The summed E-state index contributed by atoms with van der Waals surface area (Å²) in [4.78, 5) is 4.71. The lowest BCUT2D eigenvalue weighted by Gasteiger charge is -1.99. The van der Waals surface area contributed by atoms with E-state index < -0.39 is 0 Å². The van der Waals surface area contributed by atoms with Crippen LogP contribution >= 0.6 is 67.1 Å². The predicted octanol–water partition coefficient (Wildman–Crippen LogP) is 6.50. The summed E-state index contributed by atoms with van der Waals surface area (Å²) in [6.45, 7) is 0. The Morgan fingerprint density at radius 3 is 2.77 bits per heavy atom. The van der Waals surface area contributed by atoms with E-state index in [9.17, 15) is 0 Å². The Balaban J connectivity index is 1.69. The number of fused-ring (bicyclic) bond motifs is 1. The highest BCUT2D eigenvalue weighted by molar-refractivity contribution is 14.1. The van der Waals surface area contributed by atoms with Gasteiger partial charge in [-0.2, -0.15) is 0 Å². The molecule has 0 atom stereocenters. The fraction of sp³-hybridized carbons (Fsp3) is 0.133. The summed E-state index contributed by atoms with van der Waals surface area (Å²) in [5, 5.41) is 0.774. The average molecular weight is 480 g/mol. The van der Waals surface area contributed by atoms with Crippen LogP contribution in [-0.4, -0.2) is 12.1 Å². The van der Waals surface area contributed by atoms with E-state index in [0.717, 1.165) is 30.0 Å². The van der Waals surface area contributed by atoms with Crippen molar-refractivity contribution in [1.82, 2.24) is 4.98 Å². The molecule has 0 fully saturated rings. The van der Waals surface area contributed by atoms with E-state index >= 15 is 0 Å². The van der Waals surface area contributed by atoms with E-state index in [1.54, 1.807) is 40.0 Å². The van der Waals surface area contributed by atoms with Crippen molar-refractivity contribution in [3.63, 3.8) is 0 Å². The smallest absolute Gasteiger partial charge is 0.161 e. The van der Waals surface area contributed by atoms with E-state index in [1.807, 2.05) is 24.3 Å². The Morgan fingerprint density at radius 2 is 2.05 bits per heavy atom. The van der Waals surface area contributed by atoms with Gasteiger partial charge in [0.25, 0.3) is 0 Å². The van der Waals surface area contributed by atoms with Crippen molar-refractivity contribution in [2.24, 2.45) is 0 Å². The van der Waals surface area contributed by atoms with Gasteiger partial charge in [0.05, 0.1) is 17.3 Å². The van der Waals surface area contributed by atoms with E-state index in [2.05, 4.69) is 34.7 Å². The number of benzene rings is 2. The Morgan fingerprint density at radius 1 is 1.27 bits per heavy atom. The summed E-state index contributed by atoms with van der Waals surface area (Å²) >= 11 is 9.90. The number of methoxy groups -OCH3 is 1. The van der Waals surface area contributed by atoms with Crippen molar-refractivity contribution in [1.29, 1.82) is 0 Å². The van der Waals surface area contributed by atoms with E-state index in [-0.39, 0.29) is 0 Å². The van der Waals surface area contributed by atoms with Crippen molar-refractivity contribution in [2.45, 2.75) is 10.1 Å². The quantitative estimate of drug-likeness (QED) is 0.307. The second kappa shape index (κ2) is 7.61. The van der Waals surface area contributed by atoms with Crippen LogP contribution in [0.1, 0.15) is 5.56 Å². The lowest BCUT2D eigenvalue weighted by Crippen LogP contribution is -1.83. The van der Waals surface area contributed by atoms with Crippen LogP contribution in [0.5, 0.6) is 5.75 Å². The number of aromatic nitrogens is 1. The van der Waals surface area contributed by atoms with Gasteiger partial charge in [0.15, 0.2) is 4.34 Å². The van der Waals surface area contributed by atoms with Gasteiger partial charge in [-0.15, -0.1) is 11.3 Å². The largest absolute Gasteiger partial charge is 0.497 e. The zero-order chi connectivity index (χ0) is 15.5. The van der Waals surface area contributed by atoms with Gasteiger partial charge >= 0.3 is 0 Å². The fourth-order valence-electron chi connectivity index (χ4n) is 1.83. The monoisotopic (exact) mass is 479 g/mol. The van der Waals surface area contributed by atoms with Gasteiger partial charge in [-0.1, -0.05) is 34.5 Å². The van der Waals surface area contributed by atoms with Crippen molar-refractivity contribution >= 4 is 77.3 Å². The fourth-order valence-corrected chi connectivity index (χ4v) is 6.37. The molecule has 0 bridgehead atoms. The molecule has 114 valence electrons. The van der Waals surface area contributed by atoms with Crippen LogP contribution in [0, 0.1) is 3.57 Å². The first-order chi connectivity index (χ1) is 10.7. The number of halogens is 2. The predicted molar refractivity (Wildman–Crippen MR) is 107 cm³/mol. The molecule has 3 aromatic rings. The first-order valence-electron chi connectivity index (χ1n) is 6.33. The minimum atomic E-state index is 0.774. The lowest BCUT2D eigenvalue weighted by atomic mass is 10.2. The number of thiazole rings is 1. The van der Waals surface area contributed by atoms with E-state index in [0.29, 0.717) is 0 Å². The Labute approximate surface area is 159 Å². The molecular weight excluding hydrogens is 469 g/mol. The normalized spacial score (nSPS) is 11.0.